The van der Waals surface area contributed by atoms with E-state index in [0.29, 0.717) is 23.6 Å². The first kappa shape index (κ1) is 16.5. The van der Waals surface area contributed by atoms with E-state index >= 15 is 0 Å². The third-order valence-electron chi connectivity index (χ3n) is 3.24. The van der Waals surface area contributed by atoms with Gasteiger partial charge in [-0.15, -0.1) is 10.2 Å². The number of aromatic nitrogens is 2. The van der Waals surface area contributed by atoms with Gasteiger partial charge in [-0.1, -0.05) is 50.2 Å². The van der Waals surface area contributed by atoms with Gasteiger partial charge in [0.25, 0.3) is 5.22 Å². The first-order valence-electron chi connectivity index (χ1n) is 7.32. The number of hydrogen-bond donors (Lipinski definition) is 0. The maximum Gasteiger partial charge on any atom is 0.319 e. The van der Waals surface area contributed by atoms with Crippen LogP contribution in [0, 0.1) is 5.92 Å². The number of esters is 1. The van der Waals surface area contributed by atoms with Crippen LogP contribution < -0.4 is 0 Å². The van der Waals surface area contributed by atoms with Crippen LogP contribution in [0.5, 0.6) is 0 Å². The monoisotopic (exact) mass is 320 g/mol. The summed E-state index contributed by atoms with van der Waals surface area (Å²) in [6, 6.07) is 9.52. The van der Waals surface area contributed by atoms with Crippen molar-refractivity contribution < 1.29 is 13.9 Å². The van der Waals surface area contributed by atoms with Gasteiger partial charge < -0.3 is 9.15 Å². The zero-order chi connectivity index (χ0) is 15.9. The Bertz CT molecular complexity index is 600. The lowest BCUT2D eigenvalue weighted by Crippen LogP contribution is -2.19. The molecule has 0 spiro atoms. The Morgan fingerprint density at radius 2 is 2.00 bits per heavy atom. The second-order valence-corrected chi connectivity index (χ2v) is 6.43. The molecule has 0 N–H and O–H groups in total. The summed E-state index contributed by atoms with van der Waals surface area (Å²) in [5, 5.41) is 7.95. The Morgan fingerprint density at radius 3 is 2.68 bits per heavy atom. The van der Waals surface area contributed by atoms with E-state index in [1.165, 1.54) is 11.8 Å². The minimum atomic E-state index is -0.381. The Balaban J connectivity index is 1.91. The van der Waals surface area contributed by atoms with Gasteiger partial charge in [-0.3, -0.25) is 4.79 Å². The van der Waals surface area contributed by atoms with Gasteiger partial charge >= 0.3 is 5.97 Å². The first-order chi connectivity index (χ1) is 10.6. The van der Waals surface area contributed by atoms with E-state index in [-0.39, 0.29) is 11.2 Å². The fourth-order valence-electron chi connectivity index (χ4n) is 1.61. The van der Waals surface area contributed by atoms with Crippen molar-refractivity contribution in [3.63, 3.8) is 0 Å². The highest BCUT2D eigenvalue weighted by atomic mass is 32.2. The minimum Gasteiger partial charge on any atom is -0.465 e. The Hall–Kier alpha value is -1.82. The van der Waals surface area contributed by atoms with E-state index in [1.54, 1.807) is 6.92 Å². The van der Waals surface area contributed by atoms with Gasteiger partial charge in [0.15, 0.2) is 0 Å². The Morgan fingerprint density at radius 1 is 1.27 bits per heavy atom. The van der Waals surface area contributed by atoms with E-state index in [1.807, 2.05) is 30.3 Å². The summed E-state index contributed by atoms with van der Waals surface area (Å²) in [6.07, 6.45) is 0.985. The van der Waals surface area contributed by atoms with Crippen LogP contribution in [0.4, 0.5) is 0 Å². The van der Waals surface area contributed by atoms with Crippen LogP contribution in [0.3, 0.4) is 0 Å². The molecule has 118 valence electrons. The Labute approximate surface area is 134 Å². The maximum absolute atomic E-state index is 11.9. The maximum atomic E-state index is 11.9. The van der Waals surface area contributed by atoms with Crippen molar-refractivity contribution in [3.05, 3.63) is 30.3 Å². The van der Waals surface area contributed by atoms with Crippen molar-refractivity contribution in [3.8, 4) is 11.5 Å². The smallest absolute Gasteiger partial charge is 0.319 e. The second kappa shape index (κ2) is 7.98. The average Bonchev–Trinajstić information content (AvgIpc) is 3.01. The molecular weight excluding hydrogens is 300 g/mol. The van der Waals surface area contributed by atoms with Gasteiger partial charge in [0, 0.05) is 5.56 Å². The largest absolute Gasteiger partial charge is 0.465 e. The number of nitrogens with zero attached hydrogens (tertiary/aromatic N) is 2. The van der Waals surface area contributed by atoms with Crippen LogP contribution in [-0.4, -0.2) is 28.0 Å². The summed E-state index contributed by atoms with van der Waals surface area (Å²) in [5.74, 6) is 0.558. The van der Waals surface area contributed by atoms with Gasteiger partial charge in [-0.05, 0) is 25.0 Å². The van der Waals surface area contributed by atoms with Gasteiger partial charge in [-0.2, -0.15) is 0 Å². The SMILES string of the molecule is CCC(C)COC(=O)C(C)Sc1nnc(-c2ccccc2)o1. The number of carbonyl (C=O) groups excluding carboxylic acids is 1. The molecule has 2 unspecified atom stereocenters. The topological polar surface area (TPSA) is 65.2 Å². The summed E-state index contributed by atoms with van der Waals surface area (Å²) in [6.45, 7) is 6.34. The standard InChI is InChI=1S/C16H20N2O3S/c1-4-11(2)10-20-15(19)12(3)22-16-18-17-14(21-16)13-8-6-5-7-9-13/h5-9,11-12H,4,10H2,1-3H3. The lowest BCUT2D eigenvalue weighted by Gasteiger charge is -2.12. The molecule has 6 heteroatoms. The van der Waals surface area contributed by atoms with E-state index in [9.17, 15) is 4.79 Å². The number of rotatable bonds is 7. The summed E-state index contributed by atoms with van der Waals surface area (Å²) in [7, 11) is 0. The molecular formula is C16H20N2O3S. The summed E-state index contributed by atoms with van der Waals surface area (Å²) >= 11 is 1.21. The number of benzene rings is 1. The van der Waals surface area contributed by atoms with E-state index in [4.69, 9.17) is 9.15 Å². The fourth-order valence-corrected chi connectivity index (χ4v) is 2.30. The number of carbonyl (C=O) groups is 1. The minimum absolute atomic E-state index is 0.259. The number of ether oxygens (including phenoxy) is 1. The van der Waals surface area contributed by atoms with Gasteiger partial charge in [-0.25, -0.2) is 0 Å². The average molecular weight is 320 g/mol. The van der Waals surface area contributed by atoms with E-state index in [2.05, 4.69) is 24.0 Å². The normalized spacial score (nSPS) is 13.6. The molecule has 1 heterocycles. The lowest BCUT2D eigenvalue weighted by atomic mass is 10.1. The molecule has 0 saturated carbocycles. The molecule has 0 aliphatic rings. The van der Waals surface area contributed by atoms with Crippen LogP contribution in [0.2, 0.25) is 0 Å². The van der Waals surface area contributed by atoms with Crippen LogP contribution in [0.1, 0.15) is 27.2 Å². The van der Waals surface area contributed by atoms with Crippen LogP contribution in [-0.2, 0) is 9.53 Å². The predicted molar refractivity (Wildman–Crippen MR) is 85.5 cm³/mol. The molecule has 1 aromatic heterocycles. The molecule has 2 aromatic rings. The molecule has 0 saturated heterocycles. The molecule has 0 amide bonds. The molecule has 2 rings (SSSR count). The predicted octanol–water partition coefficient (Wildman–Crippen LogP) is 3.81. The molecule has 22 heavy (non-hydrogen) atoms. The molecule has 1 aromatic carbocycles. The Kier molecular flexibility index (Phi) is 6.00. The van der Waals surface area contributed by atoms with Crippen molar-refractivity contribution in [2.75, 3.05) is 6.61 Å². The fraction of sp³-hybridized carbons (Fsp3) is 0.438. The van der Waals surface area contributed by atoms with E-state index < -0.39 is 0 Å². The van der Waals surface area contributed by atoms with E-state index in [0.717, 1.165) is 12.0 Å². The highest BCUT2D eigenvalue weighted by Crippen LogP contribution is 2.26. The second-order valence-electron chi connectivity index (χ2n) is 5.14. The molecule has 0 fully saturated rings. The molecule has 2 atom stereocenters. The van der Waals surface area contributed by atoms with Crippen molar-refractivity contribution >= 4 is 17.7 Å². The lowest BCUT2D eigenvalue weighted by molar-refractivity contribution is -0.143. The first-order valence-corrected chi connectivity index (χ1v) is 8.20. The summed E-state index contributed by atoms with van der Waals surface area (Å²) in [4.78, 5) is 11.9. The molecule has 0 aliphatic heterocycles. The number of hydrogen-bond acceptors (Lipinski definition) is 6. The third-order valence-corrected chi connectivity index (χ3v) is 4.16. The van der Waals surface area contributed by atoms with Crippen molar-refractivity contribution in [1.82, 2.24) is 10.2 Å². The summed E-state index contributed by atoms with van der Waals surface area (Å²) < 4.78 is 10.8. The zero-order valence-electron chi connectivity index (χ0n) is 13.0. The molecule has 0 radical (unpaired) electrons. The van der Waals surface area contributed by atoms with Crippen LogP contribution >= 0.6 is 11.8 Å². The molecule has 0 aliphatic carbocycles. The summed E-state index contributed by atoms with van der Waals surface area (Å²) in [5.41, 5.74) is 0.855. The zero-order valence-corrected chi connectivity index (χ0v) is 13.8. The van der Waals surface area contributed by atoms with Crippen LogP contribution in [0.25, 0.3) is 11.5 Å². The van der Waals surface area contributed by atoms with Crippen molar-refractivity contribution in [2.45, 2.75) is 37.7 Å². The van der Waals surface area contributed by atoms with Crippen molar-refractivity contribution in [2.24, 2.45) is 5.92 Å². The van der Waals surface area contributed by atoms with Gasteiger partial charge in [0.1, 0.15) is 5.25 Å². The molecule has 0 bridgehead atoms. The van der Waals surface area contributed by atoms with Crippen molar-refractivity contribution in [1.29, 1.82) is 0 Å². The highest BCUT2D eigenvalue weighted by molar-refractivity contribution is 8.00. The quantitative estimate of drug-likeness (QED) is 0.571. The van der Waals surface area contributed by atoms with Gasteiger partial charge in [0.05, 0.1) is 6.61 Å². The van der Waals surface area contributed by atoms with Gasteiger partial charge in [0.2, 0.25) is 5.89 Å². The highest BCUT2D eigenvalue weighted by Gasteiger charge is 2.20. The number of thioether (sulfide) groups is 1. The van der Waals surface area contributed by atoms with Crippen LogP contribution in [0.15, 0.2) is 40.0 Å². The third kappa shape index (κ3) is 4.59. The molecule has 5 nitrogen and oxygen atoms in total.